The molecule has 1 aliphatic rings. The Bertz CT molecular complexity index is 1290. The number of alkyl halides is 3. The number of carboxylic acids is 1. The second-order valence-corrected chi connectivity index (χ2v) is 14.1. The average Bonchev–Trinajstić information content (AvgIpc) is 2.87. The van der Waals surface area contributed by atoms with Gasteiger partial charge in [0.1, 0.15) is 0 Å². The number of thioether (sulfide) groups is 1. The Morgan fingerprint density at radius 1 is 0.976 bits per heavy atom. The molecule has 0 spiro atoms. The molecule has 41 heavy (non-hydrogen) atoms. The number of anilines is 1. The predicted octanol–water partition coefficient (Wildman–Crippen LogP) is 6.77. The molecule has 1 atom stereocenters. The molecule has 1 saturated carbocycles. The molecule has 1 fully saturated rings. The van der Waals surface area contributed by atoms with E-state index in [4.69, 9.17) is 5.11 Å². The zero-order valence-corrected chi connectivity index (χ0v) is 24.8. The highest BCUT2D eigenvalue weighted by Crippen LogP contribution is 2.43. The van der Waals surface area contributed by atoms with Crippen molar-refractivity contribution in [2.24, 2.45) is 17.3 Å². The Kier molecular flexibility index (Phi) is 10.8. The van der Waals surface area contributed by atoms with E-state index in [1.165, 1.54) is 36.4 Å². The van der Waals surface area contributed by atoms with E-state index in [1.54, 1.807) is 12.1 Å². The fourth-order valence-corrected chi connectivity index (χ4v) is 6.64. The molecule has 13 heteroatoms. The molecule has 226 valence electrons. The highest BCUT2D eigenvalue weighted by Gasteiger charge is 2.34. The maximum Gasteiger partial charge on any atom is 0.446 e. The van der Waals surface area contributed by atoms with Crippen LogP contribution in [0.1, 0.15) is 64.5 Å². The lowest BCUT2D eigenvalue weighted by atomic mass is 9.68. The number of nitrogens with one attached hydrogen (secondary N) is 3. The molecule has 8 nitrogen and oxygen atoms in total. The van der Waals surface area contributed by atoms with E-state index in [-0.39, 0.29) is 45.9 Å². The number of halogens is 3. The van der Waals surface area contributed by atoms with Crippen molar-refractivity contribution in [3.05, 3.63) is 54.1 Å². The van der Waals surface area contributed by atoms with Crippen LogP contribution in [0.3, 0.4) is 0 Å². The number of urea groups is 1. The van der Waals surface area contributed by atoms with Gasteiger partial charge in [-0.3, -0.25) is 4.79 Å². The van der Waals surface area contributed by atoms with Crippen molar-refractivity contribution >= 4 is 39.5 Å². The number of aliphatic carboxylic acids is 1. The highest BCUT2D eigenvalue weighted by molar-refractivity contribution is 8.00. The van der Waals surface area contributed by atoms with Gasteiger partial charge in [-0.05, 0) is 96.7 Å². The molecular formula is C28H36F3N3O5S2. The summed E-state index contributed by atoms with van der Waals surface area (Å²) in [6, 6.07) is 10.5. The quantitative estimate of drug-likeness (QED) is 0.219. The predicted molar refractivity (Wildman–Crippen MR) is 152 cm³/mol. The number of carbonyl (C=O) groups is 2. The summed E-state index contributed by atoms with van der Waals surface area (Å²) in [7, 11) is -3.91. The molecule has 0 saturated heterocycles. The molecule has 0 heterocycles. The van der Waals surface area contributed by atoms with Gasteiger partial charge < -0.3 is 15.7 Å². The van der Waals surface area contributed by atoms with Gasteiger partial charge in [0, 0.05) is 17.1 Å². The van der Waals surface area contributed by atoms with Crippen LogP contribution in [0.5, 0.6) is 0 Å². The SMILES string of the molecule is CC(C)(C)C1CCC(C(NC(=O)Nc2ccc(SC(F)(F)F)cc2)c2ccc(S(=O)(=O)NCCC(=O)O)cc2)CC1. The second-order valence-electron chi connectivity index (χ2n) is 11.2. The zero-order chi connectivity index (χ0) is 30.4. The van der Waals surface area contributed by atoms with E-state index in [1.807, 2.05) is 0 Å². The van der Waals surface area contributed by atoms with E-state index in [2.05, 4.69) is 36.1 Å². The summed E-state index contributed by atoms with van der Waals surface area (Å²) in [6.07, 6.45) is 3.32. The molecular weight excluding hydrogens is 579 g/mol. The summed E-state index contributed by atoms with van der Waals surface area (Å²) in [6.45, 7) is 6.40. The molecule has 1 aliphatic carbocycles. The van der Waals surface area contributed by atoms with Crippen LogP contribution in [0.15, 0.2) is 58.3 Å². The number of hydrogen-bond acceptors (Lipinski definition) is 5. The molecule has 2 aromatic rings. The topological polar surface area (TPSA) is 125 Å². The van der Waals surface area contributed by atoms with Gasteiger partial charge >= 0.3 is 17.5 Å². The third kappa shape index (κ3) is 10.2. The van der Waals surface area contributed by atoms with E-state index in [9.17, 15) is 31.2 Å². The molecule has 2 amide bonds. The van der Waals surface area contributed by atoms with Crippen molar-refractivity contribution in [3.63, 3.8) is 0 Å². The van der Waals surface area contributed by atoms with Crippen molar-refractivity contribution in [3.8, 4) is 0 Å². The fraction of sp³-hybridized carbons (Fsp3) is 0.500. The molecule has 3 rings (SSSR count). The van der Waals surface area contributed by atoms with Crippen LogP contribution in [-0.4, -0.2) is 37.6 Å². The summed E-state index contributed by atoms with van der Waals surface area (Å²) < 4.78 is 65.2. The van der Waals surface area contributed by atoms with Crippen LogP contribution in [0.25, 0.3) is 0 Å². The Balaban J connectivity index is 1.76. The summed E-state index contributed by atoms with van der Waals surface area (Å²) in [5, 5.41) is 14.4. The van der Waals surface area contributed by atoms with E-state index in [0.29, 0.717) is 17.2 Å². The van der Waals surface area contributed by atoms with E-state index < -0.39 is 33.6 Å². The normalized spacial score (nSPS) is 18.9. The fourth-order valence-electron chi connectivity index (χ4n) is 5.07. The maximum absolute atomic E-state index is 13.0. The number of carboxylic acid groups (broad SMARTS) is 1. The number of rotatable bonds is 10. The van der Waals surface area contributed by atoms with Crippen LogP contribution in [0, 0.1) is 17.3 Å². The van der Waals surface area contributed by atoms with Crippen molar-refractivity contribution in [1.82, 2.24) is 10.0 Å². The molecule has 2 aromatic carbocycles. The van der Waals surface area contributed by atoms with Gasteiger partial charge in [-0.2, -0.15) is 13.2 Å². The van der Waals surface area contributed by atoms with Crippen LogP contribution in [-0.2, 0) is 14.8 Å². The minimum atomic E-state index is -4.41. The Morgan fingerprint density at radius 3 is 2.07 bits per heavy atom. The minimum Gasteiger partial charge on any atom is -0.481 e. The largest absolute Gasteiger partial charge is 0.481 e. The minimum absolute atomic E-state index is 0.00411. The van der Waals surface area contributed by atoms with Gasteiger partial charge in [-0.15, -0.1) is 0 Å². The molecule has 0 aromatic heterocycles. The van der Waals surface area contributed by atoms with E-state index in [0.717, 1.165) is 25.7 Å². The standard InChI is InChI=1S/C28H36F3N3O5S2/c1-27(2,3)20-8-4-18(5-9-20)25(19-6-14-23(15-7-19)41(38,39)32-17-16-24(35)36)34-26(37)33-21-10-12-22(13-11-21)40-28(29,30)31/h6-7,10-15,18,20,25,32H,4-5,8-9,16-17H2,1-3H3,(H,35,36)(H2,33,34,37). The van der Waals surface area contributed by atoms with Crippen molar-refractivity contribution in [2.45, 2.75) is 74.2 Å². The number of sulfonamides is 1. The molecule has 0 bridgehead atoms. The summed E-state index contributed by atoms with van der Waals surface area (Å²) >= 11 is -0.237. The van der Waals surface area contributed by atoms with Crippen molar-refractivity contribution < 1.29 is 36.3 Å². The summed E-state index contributed by atoms with van der Waals surface area (Å²) in [4.78, 5) is 23.7. The van der Waals surface area contributed by atoms with Gasteiger partial charge in [0.05, 0.1) is 17.4 Å². The van der Waals surface area contributed by atoms with Gasteiger partial charge in [-0.1, -0.05) is 32.9 Å². The lowest BCUT2D eigenvalue weighted by Gasteiger charge is -2.39. The smallest absolute Gasteiger partial charge is 0.446 e. The molecule has 4 N–H and O–H groups in total. The third-order valence-corrected chi connectivity index (χ3v) is 9.50. The molecule has 0 radical (unpaired) electrons. The van der Waals surface area contributed by atoms with Gasteiger partial charge in [0.2, 0.25) is 10.0 Å². The highest BCUT2D eigenvalue weighted by atomic mass is 32.2. The van der Waals surface area contributed by atoms with E-state index >= 15 is 0 Å². The van der Waals surface area contributed by atoms with Gasteiger partial charge in [-0.25, -0.2) is 17.9 Å². The Morgan fingerprint density at radius 2 is 1.56 bits per heavy atom. The number of amides is 2. The molecule has 0 aliphatic heterocycles. The van der Waals surface area contributed by atoms with Crippen molar-refractivity contribution in [1.29, 1.82) is 0 Å². The first-order valence-corrected chi connectivity index (χ1v) is 15.6. The van der Waals surface area contributed by atoms with Crippen molar-refractivity contribution in [2.75, 3.05) is 11.9 Å². The lowest BCUT2D eigenvalue weighted by Crippen LogP contribution is -2.38. The average molecular weight is 616 g/mol. The monoisotopic (exact) mass is 615 g/mol. The zero-order valence-electron chi connectivity index (χ0n) is 23.1. The van der Waals surface area contributed by atoms with Crippen LogP contribution >= 0.6 is 11.8 Å². The number of hydrogen-bond donors (Lipinski definition) is 4. The van der Waals surface area contributed by atoms with Gasteiger partial charge in [0.25, 0.3) is 0 Å². The van der Waals surface area contributed by atoms with Crippen LogP contribution in [0.2, 0.25) is 0 Å². The first-order chi connectivity index (χ1) is 19.0. The summed E-state index contributed by atoms with van der Waals surface area (Å²) in [5.41, 5.74) is -3.21. The Labute approximate surface area is 242 Å². The Hall–Kier alpha value is -2.77. The molecule has 1 unspecified atom stereocenters. The first kappa shape index (κ1) is 32.7. The third-order valence-electron chi connectivity index (χ3n) is 7.28. The number of carbonyl (C=O) groups excluding carboxylic acids is 1. The second kappa shape index (κ2) is 13.5. The van der Waals surface area contributed by atoms with Gasteiger partial charge in [0.15, 0.2) is 0 Å². The van der Waals surface area contributed by atoms with Crippen LogP contribution < -0.4 is 15.4 Å². The summed E-state index contributed by atoms with van der Waals surface area (Å²) in [5.74, 6) is -0.501. The lowest BCUT2D eigenvalue weighted by molar-refractivity contribution is -0.136. The van der Waals surface area contributed by atoms with Crippen LogP contribution in [0.4, 0.5) is 23.7 Å². The first-order valence-electron chi connectivity index (χ1n) is 13.3. The number of benzene rings is 2. The maximum atomic E-state index is 13.0.